The second-order valence-electron chi connectivity index (χ2n) is 5.20. The number of alkyl halides is 2. The third-order valence-corrected chi connectivity index (χ3v) is 3.96. The third-order valence-electron chi connectivity index (χ3n) is 3.96. The Bertz CT molecular complexity index is 235. The highest BCUT2D eigenvalue weighted by Crippen LogP contribution is 2.36. The van der Waals surface area contributed by atoms with E-state index in [1.807, 2.05) is 0 Å². The minimum atomic E-state index is -2.69. The Morgan fingerprint density at radius 2 is 2.12 bits per heavy atom. The maximum Gasteiger partial charge on any atom is 0.283 e. The van der Waals surface area contributed by atoms with Crippen molar-refractivity contribution in [2.45, 2.75) is 57.1 Å². The van der Waals surface area contributed by atoms with E-state index in [9.17, 15) is 8.78 Å². The van der Waals surface area contributed by atoms with E-state index in [0.717, 1.165) is 31.6 Å². The zero-order valence-electron chi connectivity index (χ0n) is 9.90. The summed E-state index contributed by atoms with van der Waals surface area (Å²) < 4.78 is 31.4. The molecule has 2 unspecified atom stereocenters. The van der Waals surface area contributed by atoms with Crippen molar-refractivity contribution in [1.82, 2.24) is 5.32 Å². The molecule has 2 aliphatic rings. The van der Waals surface area contributed by atoms with Crippen LogP contribution >= 0.6 is 0 Å². The van der Waals surface area contributed by atoms with Gasteiger partial charge in [-0.25, -0.2) is 8.78 Å². The van der Waals surface area contributed by atoms with Crippen molar-refractivity contribution in [3.63, 3.8) is 0 Å². The Morgan fingerprint density at radius 1 is 1.31 bits per heavy atom. The van der Waals surface area contributed by atoms with Gasteiger partial charge in [0.2, 0.25) is 0 Å². The van der Waals surface area contributed by atoms with Gasteiger partial charge in [0.15, 0.2) is 0 Å². The van der Waals surface area contributed by atoms with E-state index in [4.69, 9.17) is 4.74 Å². The molecular weight excluding hydrogens is 212 g/mol. The quantitative estimate of drug-likeness (QED) is 0.752. The van der Waals surface area contributed by atoms with E-state index in [2.05, 4.69) is 12.2 Å². The molecule has 0 aromatic rings. The number of nitrogens with one attached hydrogen (secondary N) is 1. The van der Waals surface area contributed by atoms with Gasteiger partial charge in [-0.15, -0.1) is 0 Å². The number of hydrogen-bond donors (Lipinski definition) is 1. The molecule has 0 bridgehead atoms. The first-order valence-corrected chi connectivity index (χ1v) is 6.32. The maximum absolute atomic E-state index is 13.0. The van der Waals surface area contributed by atoms with Crippen LogP contribution in [0.5, 0.6) is 0 Å². The molecule has 0 aromatic carbocycles. The topological polar surface area (TPSA) is 21.3 Å². The largest absolute Gasteiger partial charge is 0.354 e. The van der Waals surface area contributed by atoms with Crippen LogP contribution in [0.25, 0.3) is 0 Å². The predicted molar refractivity (Wildman–Crippen MR) is 58.5 cm³/mol. The molecule has 1 aliphatic carbocycles. The van der Waals surface area contributed by atoms with E-state index in [1.165, 1.54) is 12.8 Å². The Hall–Kier alpha value is -0.220. The van der Waals surface area contributed by atoms with E-state index >= 15 is 0 Å². The lowest BCUT2D eigenvalue weighted by molar-refractivity contribution is -0.198. The first-order chi connectivity index (χ1) is 7.55. The SMILES string of the molecule is CCC1CCCC2(CC1)NCC(F)(F)CO2. The Kier molecular flexibility index (Phi) is 3.50. The lowest BCUT2D eigenvalue weighted by Gasteiger charge is -2.40. The molecule has 1 saturated heterocycles. The summed E-state index contributed by atoms with van der Waals surface area (Å²) in [5.74, 6) is -1.95. The van der Waals surface area contributed by atoms with Crippen LogP contribution < -0.4 is 5.32 Å². The fourth-order valence-electron chi connectivity index (χ4n) is 2.75. The summed E-state index contributed by atoms with van der Waals surface area (Å²) in [6, 6.07) is 0. The van der Waals surface area contributed by atoms with Crippen LogP contribution in [0.15, 0.2) is 0 Å². The zero-order valence-corrected chi connectivity index (χ0v) is 9.90. The Labute approximate surface area is 95.7 Å². The molecule has 16 heavy (non-hydrogen) atoms. The molecule has 2 rings (SSSR count). The summed E-state index contributed by atoms with van der Waals surface area (Å²) in [5, 5.41) is 2.94. The van der Waals surface area contributed by atoms with Gasteiger partial charge in [0, 0.05) is 0 Å². The molecule has 0 aromatic heterocycles. The van der Waals surface area contributed by atoms with E-state index < -0.39 is 18.3 Å². The highest BCUT2D eigenvalue weighted by Gasteiger charge is 2.44. The highest BCUT2D eigenvalue weighted by atomic mass is 19.3. The van der Waals surface area contributed by atoms with Crippen molar-refractivity contribution in [2.75, 3.05) is 13.2 Å². The highest BCUT2D eigenvalue weighted by molar-refractivity contribution is 4.89. The molecule has 1 N–H and O–H groups in total. The van der Waals surface area contributed by atoms with Crippen molar-refractivity contribution in [1.29, 1.82) is 0 Å². The number of hydrogen-bond acceptors (Lipinski definition) is 2. The number of ether oxygens (including phenoxy) is 1. The Morgan fingerprint density at radius 3 is 2.75 bits per heavy atom. The summed E-state index contributed by atoms with van der Waals surface area (Å²) in [7, 11) is 0. The first-order valence-electron chi connectivity index (χ1n) is 6.32. The van der Waals surface area contributed by atoms with Crippen LogP contribution in [-0.2, 0) is 4.74 Å². The first kappa shape index (κ1) is 12.2. The monoisotopic (exact) mass is 233 g/mol. The van der Waals surface area contributed by atoms with E-state index in [0.29, 0.717) is 0 Å². The summed E-state index contributed by atoms with van der Waals surface area (Å²) in [5.41, 5.74) is -0.453. The van der Waals surface area contributed by atoms with E-state index in [1.54, 1.807) is 0 Å². The Balaban J connectivity index is 1.94. The van der Waals surface area contributed by atoms with Crippen molar-refractivity contribution < 1.29 is 13.5 Å². The van der Waals surface area contributed by atoms with Gasteiger partial charge in [0.25, 0.3) is 5.92 Å². The van der Waals surface area contributed by atoms with Crippen LogP contribution in [0.4, 0.5) is 8.78 Å². The average Bonchev–Trinajstić information content (AvgIpc) is 2.46. The summed E-state index contributed by atoms with van der Waals surface area (Å²) in [6.45, 7) is 1.55. The van der Waals surface area contributed by atoms with Gasteiger partial charge in [-0.2, -0.15) is 0 Å². The van der Waals surface area contributed by atoms with Gasteiger partial charge in [-0.05, 0) is 31.6 Å². The van der Waals surface area contributed by atoms with Crippen molar-refractivity contribution in [3.8, 4) is 0 Å². The number of halogens is 2. The van der Waals surface area contributed by atoms with E-state index in [-0.39, 0.29) is 6.54 Å². The fourth-order valence-corrected chi connectivity index (χ4v) is 2.75. The molecule has 0 radical (unpaired) electrons. The third kappa shape index (κ3) is 2.72. The minimum Gasteiger partial charge on any atom is -0.354 e. The predicted octanol–water partition coefficient (Wildman–Crippen LogP) is 2.93. The van der Waals surface area contributed by atoms with Gasteiger partial charge in [-0.1, -0.05) is 19.8 Å². The summed E-state index contributed by atoms with van der Waals surface area (Å²) in [6.07, 6.45) is 6.32. The number of rotatable bonds is 1. The normalized spacial score (nSPS) is 39.6. The standard InChI is InChI=1S/C12H21F2NO/c1-2-10-4-3-6-12(7-5-10)15-8-11(13,14)9-16-12/h10,15H,2-9H2,1H3. The van der Waals surface area contributed by atoms with Gasteiger partial charge in [-0.3, -0.25) is 5.32 Å². The maximum atomic E-state index is 13.0. The molecule has 1 saturated carbocycles. The molecule has 0 amide bonds. The van der Waals surface area contributed by atoms with Gasteiger partial charge >= 0.3 is 0 Å². The summed E-state index contributed by atoms with van der Waals surface area (Å²) >= 11 is 0. The smallest absolute Gasteiger partial charge is 0.283 e. The lowest BCUT2D eigenvalue weighted by atomic mass is 9.97. The minimum absolute atomic E-state index is 0.232. The van der Waals surface area contributed by atoms with Crippen LogP contribution in [0.3, 0.4) is 0 Å². The van der Waals surface area contributed by atoms with Gasteiger partial charge in [0.1, 0.15) is 12.3 Å². The molecule has 2 nitrogen and oxygen atoms in total. The van der Waals surface area contributed by atoms with Crippen molar-refractivity contribution >= 4 is 0 Å². The van der Waals surface area contributed by atoms with Gasteiger partial charge in [0.05, 0.1) is 6.54 Å². The molecule has 4 heteroatoms. The second-order valence-corrected chi connectivity index (χ2v) is 5.20. The van der Waals surface area contributed by atoms with Crippen LogP contribution in [0.2, 0.25) is 0 Å². The summed E-state index contributed by atoms with van der Waals surface area (Å²) in [4.78, 5) is 0. The molecule has 2 atom stereocenters. The molecule has 1 heterocycles. The van der Waals surface area contributed by atoms with Crippen molar-refractivity contribution in [3.05, 3.63) is 0 Å². The fraction of sp³-hybridized carbons (Fsp3) is 1.00. The second kappa shape index (κ2) is 4.57. The molecule has 2 fully saturated rings. The molecule has 1 spiro atoms. The van der Waals surface area contributed by atoms with Crippen LogP contribution in [0.1, 0.15) is 45.4 Å². The lowest BCUT2D eigenvalue weighted by Crippen LogP contribution is -2.58. The molecule has 1 aliphatic heterocycles. The van der Waals surface area contributed by atoms with Crippen molar-refractivity contribution in [2.24, 2.45) is 5.92 Å². The average molecular weight is 233 g/mol. The van der Waals surface area contributed by atoms with Crippen LogP contribution in [-0.4, -0.2) is 24.8 Å². The molecule has 94 valence electrons. The van der Waals surface area contributed by atoms with Gasteiger partial charge < -0.3 is 4.74 Å². The molecular formula is C12H21F2NO. The van der Waals surface area contributed by atoms with Crippen LogP contribution in [0, 0.1) is 5.92 Å². The zero-order chi connectivity index (χ0) is 11.6.